The number of hydrogen-bond acceptors (Lipinski definition) is 10. The lowest BCUT2D eigenvalue weighted by Gasteiger charge is -2.63. The number of carbonyl (C=O) groups excluding carboxylic acids is 5. The fraction of sp³-hybridized carbons (Fsp3) is 0.467. The molecule has 4 aliphatic heterocycles. The maximum absolute atomic E-state index is 13.4. The Morgan fingerprint density at radius 1 is 0.814 bits per heavy atom. The molecule has 13 nitrogen and oxygen atoms in total. The van der Waals surface area contributed by atoms with Crippen molar-refractivity contribution in [2.45, 2.75) is 96.6 Å². The highest BCUT2D eigenvalue weighted by Gasteiger charge is 2.64. The van der Waals surface area contributed by atoms with Gasteiger partial charge < -0.3 is 19.7 Å². The van der Waals surface area contributed by atoms with E-state index >= 15 is 0 Å². The molecular weight excluding hydrogens is 772 g/mol. The standard InChI is InChI=1S/C45H49ClN6O7/c1-44(2)42(45(3,4)43(44)59-32-11-7-27(25-47)35(46)24-32)49-38(54)26-5-9-30(10-6-26)58-31-17-21-50(22-18-31)28-15-19-51(20-16-28)29-8-12-33-34(23-29)41(57)52(40(33)56)36-13-14-37(53)48-39(36)55/h5-12,23-24,28,31,36,42-43H,13-22H2,1-4H3,(H,49,54)(H,48,53,55). The van der Waals surface area contributed by atoms with Crippen molar-refractivity contribution in [3.05, 3.63) is 87.9 Å². The molecule has 14 heteroatoms. The monoisotopic (exact) mass is 820 g/mol. The Bertz CT molecular complexity index is 2220. The second-order valence-electron chi connectivity index (χ2n) is 17.6. The number of ether oxygens (including phenoxy) is 2. The third-order valence-corrected chi connectivity index (χ3v) is 13.4. The minimum atomic E-state index is -0.980. The van der Waals surface area contributed by atoms with Crippen LogP contribution >= 0.6 is 11.6 Å². The molecule has 0 bridgehead atoms. The lowest BCUT2D eigenvalue weighted by Crippen LogP contribution is -2.74. The molecule has 3 aromatic carbocycles. The molecule has 0 aromatic heterocycles. The number of carbonyl (C=O) groups is 5. The van der Waals surface area contributed by atoms with Crippen molar-refractivity contribution in [1.29, 1.82) is 5.26 Å². The quantitative estimate of drug-likeness (QED) is 0.255. The van der Waals surface area contributed by atoms with Gasteiger partial charge in [-0.2, -0.15) is 5.26 Å². The summed E-state index contributed by atoms with van der Waals surface area (Å²) < 4.78 is 12.7. The van der Waals surface area contributed by atoms with Gasteiger partial charge in [0.25, 0.3) is 17.7 Å². The lowest BCUT2D eigenvalue weighted by molar-refractivity contribution is -0.164. The summed E-state index contributed by atoms with van der Waals surface area (Å²) in [7, 11) is 0. The molecule has 5 aliphatic rings. The van der Waals surface area contributed by atoms with Gasteiger partial charge in [-0.1, -0.05) is 39.3 Å². The number of nitriles is 1. The van der Waals surface area contributed by atoms with E-state index in [1.54, 1.807) is 30.3 Å². The molecule has 4 fully saturated rings. The first-order chi connectivity index (χ1) is 28.1. The Hall–Kier alpha value is -5.45. The second kappa shape index (κ2) is 15.6. The molecule has 0 radical (unpaired) electrons. The predicted molar refractivity (Wildman–Crippen MR) is 219 cm³/mol. The average molecular weight is 821 g/mol. The SMILES string of the molecule is CC1(C)C(NC(=O)c2ccc(OC3CCN(C4CCN(c5ccc6c(c5)C(=O)N(C5CCC(=O)NC5=O)C6=O)CC4)CC3)cc2)C(C)(C)C1Oc1ccc(C#N)c(Cl)c1. The molecule has 5 amide bonds. The number of piperidine rings is 3. The van der Waals surface area contributed by atoms with Crippen molar-refractivity contribution in [2.75, 3.05) is 31.1 Å². The van der Waals surface area contributed by atoms with Crippen LogP contribution in [0.2, 0.25) is 5.02 Å². The van der Waals surface area contributed by atoms with Gasteiger partial charge in [-0.05, 0) is 86.7 Å². The Morgan fingerprint density at radius 2 is 1.47 bits per heavy atom. The molecule has 1 aliphatic carbocycles. The molecule has 1 atom stereocenters. The largest absolute Gasteiger partial charge is 0.490 e. The molecule has 0 spiro atoms. The van der Waals surface area contributed by atoms with Crippen LogP contribution in [0.3, 0.4) is 0 Å². The number of imide groups is 2. The Kier molecular flexibility index (Phi) is 10.7. The van der Waals surface area contributed by atoms with E-state index in [0.717, 1.165) is 68.2 Å². The van der Waals surface area contributed by atoms with Crippen LogP contribution in [0.15, 0.2) is 60.7 Å². The molecule has 3 saturated heterocycles. The minimum absolute atomic E-state index is 0.0805. The van der Waals surface area contributed by atoms with Crippen LogP contribution in [-0.2, 0) is 9.59 Å². The van der Waals surface area contributed by atoms with E-state index in [4.69, 9.17) is 21.1 Å². The molecule has 1 unspecified atom stereocenters. The highest BCUT2D eigenvalue weighted by Crippen LogP contribution is 2.55. The summed E-state index contributed by atoms with van der Waals surface area (Å²) in [5.41, 5.74) is 1.68. The van der Waals surface area contributed by atoms with E-state index in [0.29, 0.717) is 33.5 Å². The van der Waals surface area contributed by atoms with Crippen LogP contribution < -0.4 is 25.0 Å². The third kappa shape index (κ3) is 7.53. The van der Waals surface area contributed by atoms with E-state index in [2.05, 4.69) is 54.2 Å². The molecule has 308 valence electrons. The number of halogens is 1. The number of likely N-dealkylation sites (tertiary alicyclic amines) is 1. The highest BCUT2D eigenvalue weighted by atomic mass is 35.5. The number of amides is 5. The van der Waals surface area contributed by atoms with Gasteiger partial charge >= 0.3 is 0 Å². The number of nitrogens with one attached hydrogen (secondary N) is 2. The number of hydrogen-bond donors (Lipinski definition) is 2. The number of fused-ring (bicyclic) bond motifs is 1. The van der Waals surface area contributed by atoms with Crippen molar-refractivity contribution in [2.24, 2.45) is 10.8 Å². The number of anilines is 1. The highest BCUT2D eigenvalue weighted by molar-refractivity contribution is 6.31. The Balaban J connectivity index is 0.789. The van der Waals surface area contributed by atoms with Crippen molar-refractivity contribution >= 4 is 46.8 Å². The summed E-state index contributed by atoms with van der Waals surface area (Å²) in [6.07, 6.45) is 3.84. The van der Waals surface area contributed by atoms with E-state index in [1.165, 1.54) is 0 Å². The van der Waals surface area contributed by atoms with Crippen molar-refractivity contribution in [1.82, 2.24) is 20.4 Å². The third-order valence-electron chi connectivity index (χ3n) is 13.1. The van der Waals surface area contributed by atoms with E-state index in [1.807, 2.05) is 30.3 Å². The summed E-state index contributed by atoms with van der Waals surface area (Å²) in [5, 5.41) is 15.0. The smallest absolute Gasteiger partial charge is 0.262 e. The van der Waals surface area contributed by atoms with Gasteiger partial charge in [-0.3, -0.25) is 39.1 Å². The molecule has 3 aromatic rings. The van der Waals surface area contributed by atoms with Gasteiger partial charge in [0.15, 0.2) is 0 Å². The van der Waals surface area contributed by atoms with Crippen molar-refractivity contribution in [3.63, 3.8) is 0 Å². The van der Waals surface area contributed by atoms with Gasteiger partial charge in [0, 0.05) is 72.8 Å². The van der Waals surface area contributed by atoms with E-state index in [9.17, 15) is 29.2 Å². The summed E-state index contributed by atoms with van der Waals surface area (Å²) in [6, 6.07) is 19.1. The first-order valence-corrected chi connectivity index (χ1v) is 20.8. The van der Waals surface area contributed by atoms with E-state index < -0.39 is 29.7 Å². The maximum atomic E-state index is 13.4. The van der Waals surface area contributed by atoms with Gasteiger partial charge in [-0.15, -0.1) is 0 Å². The number of benzene rings is 3. The maximum Gasteiger partial charge on any atom is 0.262 e. The summed E-state index contributed by atoms with van der Waals surface area (Å²) in [4.78, 5) is 69.8. The normalized spacial score (nSPS) is 24.5. The van der Waals surface area contributed by atoms with Crippen LogP contribution in [0.5, 0.6) is 11.5 Å². The summed E-state index contributed by atoms with van der Waals surface area (Å²) >= 11 is 6.24. The molecule has 4 heterocycles. The minimum Gasteiger partial charge on any atom is -0.490 e. The van der Waals surface area contributed by atoms with Crippen LogP contribution in [0, 0.1) is 22.2 Å². The zero-order chi connectivity index (χ0) is 41.8. The summed E-state index contributed by atoms with van der Waals surface area (Å²) in [5.74, 6) is -0.825. The van der Waals surface area contributed by atoms with Crippen LogP contribution in [0.25, 0.3) is 0 Å². The first kappa shape index (κ1) is 40.3. The zero-order valence-electron chi connectivity index (χ0n) is 33.8. The van der Waals surface area contributed by atoms with Crippen LogP contribution in [-0.4, -0.2) is 95.8 Å². The molecule has 59 heavy (non-hydrogen) atoms. The summed E-state index contributed by atoms with van der Waals surface area (Å²) in [6.45, 7) is 11.8. The van der Waals surface area contributed by atoms with Gasteiger partial charge in [0.1, 0.15) is 35.8 Å². The molecular formula is C45H49ClN6O7. The van der Waals surface area contributed by atoms with Crippen molar-refractivity contribution in [3.8, 4) is 17.6 Å². The lowest BCUT2D eigenvalue weighted by atomic mass is 9.49. The number of rotatable bonds is 9. The van der Waals surface area contributed by atoms with Crippen LogP contribution in [0.1, 0.15) is 103 Å². The number of nitrogens with zero attached hydrogens (tertiary/aromatic N) is 4. The van der Waals surface area contributed by atoms with Gasteiger partial charge in [0.2, 0.25) is 11.8 Å². The van der Waals surface area contributed by atoms with Crippen molar-refractivity contribution < 1.29 is 33.4 Å². The van der Waals surface area contributed by atoms with Crippen LogP contribution in [0.4, 0.5) is 5.69 Å². The molecule has 1 saturated carbocycles. The topological polar surface area (TPSA) is 161 Å². The van der Waals surface area contributed by atoms with E-state index in [-0.39, 0.29) is 53.4 Å². The second-order valence-corrected chi connectivity index (χ2v) is 18.0. The Labute approximate surface area is 348 Å². The Morgan fingerprint density at radius 3 is 2.12 bits per heavy atom. The zero-order valence-corrected chi connectivity index (χ0v) is 34.5. The van der Waals surface area contributed by atoms with Gasteiger partial charge in [0.05, 0.1) is 21.7 Å². The molecule has 2 N–H and O–H groups in total. The molecule has 8 rings (SSSR count). The first-order valence-electron chi connectivity index (χ1n) is 20.4. The average Bonchev–Trinajstić information content (AvgIpc) is 3.47. The fourth-order valence-electron chi connectivity index (χ4n) is 10.2. The predicted octanol–water partition coefficient (Wildman–Crippen LogP) is 5.74. The fourth-order valence-corrected chi connectivity index (χ4v) is 10.4. The van der Waals surface area contributed by atoms with Gasteiger partial charge in [-0.25, -0.2) is 0 Å².